The van der Waals surface area contributed by atoms with Gasteiger partial charge < -0.3 is 16.0 Å². The van der Waals surface area contributed by atoms with Crippen molar-refractivity contribution in [2.45, 2.75) is 18.1 Å². The second kappa shape index (κ2) is 9.82. The molecule has 1 atom stereocenters. The molecule has 126 valence electrons. The van der Waals surface area contributed by atoms with Crippen LogP contribution in [-0.2, 0) is 0 Å². The summed E-state index contributed by atoms with van der Waals surface area (Å²) in [7, 11) is 1.76. The molecule has 1 aliphatic heterocycles. The van der Waals surface area contributed by atoms with Crippen molar-refractivity contribution in [2.24, 2.45) is 4.99 Å². The third-order valence-electron chi connectivity index (χ3n) is 3.53. The van der Waals surface area contributed by atoms with Crippen molar-refractivity contribution in [3.05, 3.63) is 34.3 Å². The lowest BCUT2D eigenvalue weighted by Gasteiger charge is -2.15. The molecule has 1 heterocycles. The van der Waals surface area contributed by atoms with Gasteiger partial charge in [-0.1, -0.05) is 22.0 Å². The molecule has 5 nitrogen and oxygen atoms in total. The summed E-state index contributed by atoms with van der Waals surface area (Å²) < 4.78 is 0.901. The first-order chi connectivity index (χ1) is 11.2. The molecule has 0 spiro atoms. The molecule has 1 saturated heterocycles. The minimum atomic E-state index is -0.0709. The summed E-state index contributed by atoms with van der Waals surface area (Å²) in [6, 6.07) is 7.36. The molecule has 23 heavy (non-hydrogen) atoms. The van der Waals surface area contributed by atoms with E-state index in [0.29, 0.717) is 23.9 Å². The fraction of sp³-hybridized carbons (Fsp3) is 0.500. The molecule has 1 amide bonds. The van der Waals surface area contributed by atoms with Gasteiger partial charge in [-0.3, -0.25) is 9.79 Å². The molecule has 0 bridgehead atoms. The monoisotopic (exact) mass is 398 g/mol. The van der Waals surface area contributed by atoms with Crippen LogP contribution in [0.2, 0.25) is 0 Å². The van der Waals surface area contributed by atoms with Gasteiger partial charge in [-0.05, 0) is 36.8 Å². The van der Waals surface area contributed by atoms with Crippen molar-refractivity contribution in [3.8, 4) is 0 Å². The number of nitrogens with one attached hydrogen (secondary N) is 3. The molecular weight excluding hydrogens is 376 g/mol. The number of hydrogen-bond donors (Lipinski definition) is 3. The molecule has 0 radical (unpaired) electrons. The van der Waals surface area contributed by atoms with Crippen molar-refractivity contribution in [3.63, 3.8) is 0 Å². The van der Waals surface area contributed by atoms with Crippen LogP contribution in [0.4, 0.5) is 0 Å². The van der Waals surface area contributed by atoms with Crippen LogP contribution in [0.1, 0.15) is 23.2 Å². The molecule has 1 aliphatic rings. The highest BCUT2D eigenvalue weighted by Gasteiger charge is 2.15. The lowest BCUT2D eigenvalue weighted by molar-refractivity contribution is 0.0954. The van der Waals surface area contributed by atoms with E-state index in [2.05, 4.69) is 36.9 Å². The predicted octanol–water partition coefficient (Wildman–Crippen LogP) is 2.24. The van der Waals surface area contributed by atoms with Gasteiger partial charge in [-0.15, -0.1) is 0 Å². The summed E-state index contributed by atoms with van der Waals surface area (Å²) in [5, 5.41) is 10.1. The van der Waals surface area contributed by atoms with Crippen LogP contribution >= 0.6 is 27.7 Å². The third-order valence-corrected chi connectivity index (χ3v) is 5.43. The summed E-state index contributed by atoms with van der Waals surface area (Å²) in [5.74, 6) is 1.98. The maximum absolute atomic E-state index is 12.0. The second-order valence-electron chi connectivity index (χ2n) is 5.28. The van der Waals surface area contributed by atoms with E-state index >= 15 is 0 Å². The van der Waals surface area contributed by atoms with Crippen LogP contribution in [0.25, 0.3) is 0 Å². The summed E-state index contributed by atoms with van der Waals surface area (Å²) >= 11 is 5.39. The van der Waals surface area contributed by atoms with Crippen LogP contribution in [0, 0.1) is 0 Å². The van der Waals surface area contributed by atoms with E-state index in [4.69, 9.17) is 0 Å². The number of guanidine groups is 1. The summed E-state index contributed by atoms with van der Waals surface area (Å²) in [5.41, 5.74) is 0.653. The van der Waals surface area contributed by atoms with E-state index < -0.39 is 0 Å². The van der Waals surface area contributed by atoms with Gasteiger partial charge in [0.2, 0.25) is 0 Å². The van der Waals surface area contributed by atoms with Gasteiger partial charge in [0, 0.05) is 42.0 Å². The van der Waals surface area contributed by atoms with Crippen molar-refractivity contribution in [1.29, 1.82) is 0 Å². The molecule has 1 aromatic rings. The normalized spacial score (nSPS) is 17.8. The number of halogens is 1. The minimum Gasteiger partial charge on any atom is -0.355 e. The lowest BCUT2D eigenvalue weighted by atomic mass is 10.2. The number of carbonyl (C=O) groups excluding carboxylic acids is 1. The predicted molar refractivity (Wildman–Crippen MR) is 101 cm³/mol. The Morgan fingerprint density at radius 2 is 2.17 bits per heavy atom. The zero-order chi connectivity index (χ0) is 16.5. The molecule has 1 fully saturated rings. The number of hydrogen-bond acceptors (Lipinski definition) is 3. The summed E-state index contributed by atoms with van der Waals surface area (Å²) in [6.07, 6.45) is 2.59. The van der Waals surface area contributed by atoms with E-state index in [1.54, 1.807) is 13.1 Å². The highest BCUT2D eigenvalue weighted by atomic mass is 79.9. The average molecular weight is 399 g/mol. The zero-order valence-electron chi connectivity index (χ0n) is 13.3. The first-order valence-corrected chi connectivity index (χ1v) is 9.63. The molecule has 7 heteroatoms. The van der Waals surface area contributed by atoms with Crippen molar-refractivity contribution >= 4 is 39.6 Å². The molecule has 0 aromatic heterocycles. The van der Waals surface area contributed by atoms with E-state index in [0.717, 1.165) is 17.0 Å². The van der Waals surface area contributed by atoms with Gasteiger partial charge in [-0.2, -0.15) is 11.8 Å². The van der Waals surface area contributed by atoms with Crippen LogP contribution in [-0.4, -0.2) is 49.6 Å². The van der Waals surface area contributed by atoms with E-state index in [9.17, 15) is 4.79 Å². The second-order valence-corrected chi connectivity index (χ2v) is 7.61. The molecule has 0 saturated carbocycles. The Balaban J connectivity index is 1.64. The van der Waals surface area contributed by atoms with Crippen LogP contribution in [0.15, 0.2) is 33.7 Å². The Labute approximate surface area is 150 Å². The number of thioether (sulfide) groups is 1. The Bertz CT molecular complexity index is 547. The quantitative estimate of drug-likeness (QED) is 0.390. The highest BCUT2D eigenvalue weighted by Crippen LogP contribution is 2.25. The number of benzene rings is 1. The summed E-state index contributed by atoms with van der Waals surface area (Å²) in [6.45, 7) is 2.12. The van der Waals surface area contributed by atoms with E-state index in [1.807, 2.05) is 30.0 Å². The first-order valence-electron chi connectivity index (χ1n) is 7.79. The smallest absolute Gasteiger partial charge is 0.251 e. The lowest BCUT2D eigenvalue weighted by Crippen LogP contribution is -2.43. The van der Waals surface area contributed by atoms with Crippen molar-refractivity contribution in [2.75, 3.05) is 32.4 Å². The Hall–Kier alpha value is -1.21. The zero-order valence-corrected chi connectivity index (χ0v) is 15.7. The SMILES string of the molecule is CN=C(NCCNC(=O)c1cccc(Br)c1)NCC1CCCS1. The molecule has 2 rings (SSSR count). The van der Waals surface area contributed by atoms with Gasteiger partial charge in [-0.25, -0.2) is 0 Å². The van der Waals surface area contributed by atoms with Crippen LogP contribution < -0.4 is 16.0 Å². The Morgan fingerprint density at radius 3 is 2.87 bits per heavy atom. The molecule has 3 N–H and O–H groups in total. The number of aliphatic imine (C=N–C) groups is 1. The van der Waals surface area contributed by atoms with E-state index in [-0.39, 0.29) is 5.91 Å². The highest BCUT2D eigenvalue weighted by molar-refractivity contribution is 9.10. The average Bonchev–Trinajstić information content (AvgIpc) is 3.07. The van der Waals surface area contributed by atoms with Crippen LogP contribution in [0.5, 0.6) is 0 Å². The third kappa shape index (κ3) is 6.43. The molecule has 1 aromatic carbocycles. The standard InChI is InChI=1S/C16H23BrN4OS/c1-18-16(21-11-14-6-3-9-23-14)20-8-7-19-15(22)12-4-2-5-13(17)10-12/h2,4-5,10,14H,3,6-9,11H2,1H3,(H,19,22)(H2,18,20,21). The van der Waals surface area contributed by atoms with Crippen molar-refractivity contribution in [1.82, 2.24) is 16.0 Å². The topological polar surface area (TPSA) is 65.5 Å². The van der Waals surface area contributed by atoms with Gasteiger partial charge >= 0.3 is 0 Å². The minimum absolute atomic E-state index is 0.0709. The largest absolute Gasteiger partial charge is 0.355 e. The number of rotatable bonds is 6. The van der Waals surface area contributed by atoms with Crippen LogP contribution in [0.3, 0.4) is 0 Å². The maximum Gasteiger partial charge on any atom is 0.251 e. The van der Waals surface area contributed by atoms with Gasteiger partial charge in [0.25, 0.3) is 5.91 Å². The fourth-order valence-electron chi connectivity index (χ4n) is 2.33. The Morgan fingerprint density at radius 1 is 1.35 bits per heavy atom. The number of nitrogens with zero attached hydrogens (tertiary/aromatic N) is 1. The Kier molecular flexibility index (Phi) is 7.74. The van der Waals surface area contributed by atoms with Gasteiger partial charge in [0.05, 0.1) is 0 Å². The van der Waals surface area contributed by atoms with E-state index in [1.165, 1.54) is 18.6 Å². The molecule has 0 aliphatic carbocycles. The number of carbonyl (C=O) groups is 1. The molecule has 1 unspecified atom stereocenters. The summed E-state index contributed by atoms with van der Waals surface area (Å²) in [4.78, 5) is 16.2. The number of amides is 1. The molecular formula is C16H23BrN4OS. The van der Waals surface area contributed by atoms with Gasteiger partial charge in [0.15, 0.2) is 5.96 Å². The fourth-order valence-corrected chi connectivity index (χ4v) is 3.93. The van der Waals surface area contributed by atoms with Gasteiger partial charge in [0.1, 0.15) is 0 Å². The first kappa shape index (κ1) is 18.1. The maximum atomic E-state index is 12.0. The van der Waals surface area contributed by atoms with Crippen molar-refractivity contribution < 1.29 is 4.79 Å².